The van der Waals surface area contributed by atoms with Crippen molar-refractivity contribution >= 4 is 11.8 Å². The zero-order valence-corrected chi connectivity index (χ0v) is 9.50. The minimum Gasteiger partial charge on any atom is -0.463 e. The minimum atomic E-state index is -0.177. The van der Waals surface area contributed by atoms with Gasteiger partial charge in [0.25, 0.3) is 0 Å². The topological polar surface area (TPSA) is 43.4 Å². The first kappa shape index (κ1) is 13.1. The van der Waals surface area contributed by atoms with Gasteiger partial charge in [0.2, 0.25) is 0 Å². The molecule has 0 bridgehead atoms. The van der Waals surface area contributed by atoms with Gasteiger partial charge in [-0.2, -0.15) is 0 Å². The van der Waals surface area contributed by atoms with Gasteiger partial charge in [-0.1, -0.05) is 6.92 Å². The molecule has 0 aromatic carbocycles. The molecule has 0 N–H and O–H groups in total. The number of hydrogen-bond donors (Lipinski definition) is 0. The van der Waals surface area contributed by atoms with Gasteiger partial charge in [0.15, 0.2) is 0 Å². The molecule has 14 heavy (non-hydrogen) atoms. The highest BCUT2D eigenvalue weighted by Crippen LogP contribution is 2.14. The van der Waals surface area contributed by atoms with Crippen LogP contribution in [0.4, 0.5) is 0 Å². The van der Waals surface area contributed by atoms with Crippen molar-refractivity contribution in [1.29, 1.82) is 0 Å². The second-order valence-corrected chi connectivity index (χ2v) is 3.83. The van der Waals surface area contributed by atoms with E-state index in [4.69, 9.17) is 4.74 Å². The van der Waals surface area contributed by atoms with E-state index in [-0.39, 0.29) is 23.8 Å². The van der Waals surface area contributed by atoms with Crippen molar-refractivity contribution in [2.24, 2.45) is 5.92 Å². The maximum Gasteiger partial charge on any atom is 0.309 e. The van der Waals surface area contributed by atoms with Crippen LogP contribution in [-0.4, -0.2) is 17.9 Å². The summed E-state index contributed by atoms with van der Waals surface area (Å²) in [5, 5.41) is 0. The van der Waals surface area contributed by atoms with Crippen molar-refractivity contribution in [3.05, 3.63) is 0 Å². The Bertz CT molecular complexity index is 197. The van der Waals surface area contributed by atoms with Gasteiger partial charge in [-0.25, -0.2) is 0 Å². The third-order valence-corrected chi connectivity index (χ3v) is 2.02. The van der Waals surface area contributed by atoms with Crippen LogP contribution >= 0.6 is 0 Å². The van der Waals surface area contributed by atoms with Crippen molar-refractivity contribution < 1.29 is 14.3 Å². The monoisotopic (exact) mass is 200 g/mol. The molecule has 0 aromatic heterocycles. The smallest absolute Gasteiger partial charge is 0.309 e. The summed E-state index contributed by atoms with van der Waals surface area (Å²) in [6, 6.07) is 0. The second-order valence-electron chi connectivity index (χ2n) is 3.83. The molecule has 3 nitrogen and oxygen atoms in total. The van der Waals surface area contributed by atoms with E-state index in [0.717, 1.165) is 6.42 Å². The lowest BCUT2D eigenvalue weighted by molar-refractivity contribution is -0.152. The van der Waals surface area contributed by atoms with E-state index in [1.165, 1.54) is 0 Å². The maximum atomic E-state index is 11.5. The summed E-state index contributed by atoms with van der Waals surface area (Å²) in [5.74, 6) is -0.175. The van der Waals surface area contributed by atoms with Crippen LogP contribution in [-0.2, 0) is 14.3 Å². The molecule has 0 aliphatic carbocycles. The number of rotatable bonds is 6. The summed E-state index contributed by atoms with van der Waals surface area (Å²) in [4.78, 5) is 22.2. The Balaban J connectivity index is 3.99. The Labute approximate surface area is 85.8 Å². The fourth-order valence-electron chi connectivity index (χ4n) is 1.19. The van der Waals surface area contributed by atoms with Gasteiger partial charge in [-0.3, -0.25) is 4.79 Å². The third-order valence-electron chi connectivity index (χ3n) is 2.02. The summed E-state index contributed by atoms with van der Waals surface area (Å²) >= 11 is 0. The van der Waals surface area contributed by atoms with Crippen molar-refractivity contribution in [2.75, 3.05) is 0 Å². The molecule has 0 saturated carbocycles. The van der Waals surface area contributed by atoms with Gasteiger partial charge < -0.3 is 9.53 Å². The van der Waals surface area contributed by atoms with E-state index < -0.39 is 0 Å². The lowest BCUT2D eigenvalue weighted by atomic mass is 9.99. The maximum absolute atomic E-state index is 11.5. The largest absolute Gasteiger partial charge is 0.463 e. The number of Topliss-reactive ketones (excluding diaryl/α,β-unsaturated/α-hetero) is 1. The van der Waals surface area contributed by atoms with Crippen molar-refractivity contribution in [2.45, 2.75) is 53.1 Å². The number of ketones is 1. The molecule has 0 rings (SSSR count). The molecule has 1 unspecified atom stereocenters. The van der Waals surface area contributed by atoms with Crippen LogP contribution in [0.2, 0.25) is 0 Å². The predicted molar refractivity (Wildman–Crippen MR) is 54.9 cm³/mol. The molecule has 82 valence electrons. The molecule has 0 radical (unpaired) electrons. The van der Waals surface area contributed by atoms with Crippen LogP contribution in [0.3, 0.4) is 0 Å². The van der Waals surface area contributed by atoms with Crippen molar-refractivity contribution in [1.82, 2.24) is 0 Å². The Morgan fingerprint density at radius 3 is 2.21 bits per heavy atom. The van der Waals surface area contributed by atoms with E-state index in [1.807, 2.05) is 20.8 Å². The molecule has 0 heterocycles. The van der Waals surface area contributed by atoms with E-state index >= 15 is 0 Å². The first-order valence-corrected chi connectivity index (χ1v) is 5.17. The number of carbonyl (C=O) groups excluding carboxylic acids is 2. The Morgan fingerprint density at radius 2 is 1.86 bits per heavy atom. The SMILES string of the molecule is CCC(CCC(C)=O)C(=O)OC(C)C. The highest BCUT2D eigenvalue weighted by molar-refractivity contribution is 5.77. The van der Waals surface area contributed by atoms with Gasteiger partial charge in [0, 0.05) is 6.42 Å². The number of esters is 1. The van der Waals surface area contributed by atoms with Crippen molar-refractivity contribution in [3.63, 3.8) is 0 Å². The fourth-order valence-corrected chi connectivity index (χ4v) is 1.19. The molecule has 0 amide bonds. The number of ether oxygens (including phenoxy) is 1. The third kappa shape index (κ3) is 5.73. The van der Waals surface area contributed by atoms with Gasteiger partial charge in [0.1, 0.15) is 5.78 Å². The fraction of sp³-hybridized carbons (Fsp3) is 0.818. The average Bonchev–Trinajstić information content (AvgIpc) is 2.03. The zero-order valence-electron chi connectivity index (χ0n) is 9.50. The van der Waals surface area contributed by atoms with E-state index in [9.17, 15) is 9.59 Å². The average molecular weight is 200 g/mol. The van der Waals surface area contributed by atoms with Crippen molar-refractivity contribution in [3.8, 4) is 0 Å². The number of hydrogen-bond acceptors (Lipinski definition) is 3. The minimum absolute atomic E-state index is 0.0751. The van der Waals surface area contributed by atoms with Gasteiger partial charge >= 0.3 is 5.97 Å². The van der Waals surface area contributed by atoms with E-state index in [1.54, 1.807) is 6.92 Å². The zero-order chi connectivity index (χ0) is 11.1. The lowest BCUT2D eigenvalue weighted by Crippen LogP contribution is -2.21. The Morgan fingerprint density at radius 1 is 1.29 bits per heavy atom. The molecule has 0 spiro atoms. The van der Waals surface area contributed by atoms with E-state index in [2.05, 4.69) is 0 Å². The van der Waals surface area contributed by atoms with Crippen LogP contribution in [0.15, 0.2) is 0 Å². The summed E-state index contributed by atoms with van der Waals surface area (Å²) in [6.07, 6.45) is 1.73. The summed E-state index contributed by atoms with van der Waals surface area (Å²) in [7, 11) is 0. The molecule has 0 saturated heterocycles. The van der Waals surface area contributed by atoms with Crippen LogP contribution in [0.1, 0.15) is 47.0 Å². The number of carbonyl (C=O) groups is 2. The Kier molecular flexibility index (Phi) is 6.17. The quantitative estimate of drug-likeness (QED) is 0.618. The van der Waals surface area contributed by atoms with Gasteiger partial charge in [-0.15, -0.1) is 0 Å². The van der Waals surface area contributed by atoms with Crippen LogP contribution < -0.4 is 0 Å². The first-order valence-electron chi connectivity index (χ1n) is 5.17. The molecule has 0 fully saturated rings. The molecule has 0 aliphatic rings. The second kappa shape index (κ2) is 6.57. The van der Waals surface area contributed by atoms with E-state index in [0.29, 0.717) is 12.8 Å². The van der Waals surface area contributed by atoms with Crippen LogP contribution in [0.5, 0.6) is 0 Å². The molecule has 1 atom stereocenters. The standard InChI is InChI=1S/C11H20O3/c1-5-10(7-6-9(4)12)11(13)14-8(2)3/h8,10H,5-7H2,1-4H3. The van der Waals surface area contributed by atoms with Crippen LogP contribution in [0.25, 0.3) is 0 Å². The molecule has 0 aliphatic heterocycles. The first-order chi connectivity index (χ1) is 6.47. The summed E-state index contributed by atoms with van der Waals surface area (Å²) < 4.78 is 5.09. The molecule has 0 aromatic rings. The van der Waals surface area contributed by atoms with Gasteiger partial charge in [-0.05, 0) is 33.6 Å². The molecular weight excluding hydrogens is 180 g/mol. The van der Waals surface area contributed by atoms with Gasteiger partial charge in [0.05, 0.1) is 12.0 Å². The Hall–Kier alpha value is -0.860. The highest BCUT2D eigenvalue weighted by atomic mass is 16.5. The summed E-state index contributed by atoms with van der Waals surface area (Å²) in [5.41, 5.74) is 0. The lowest BCUT2D eigenvalue weighted by Gasteiger charge is -2.15. The molecular formula is C11H20O3. The highest BCUT2D eigenvalue weighted by Gasteiger charge is 2.19. The normalized spacial score (nSPS) is 12.6. The molecule has 3 heteroatoms. The predicted octanol–water partition coefficient (Wildman–Crippen LogP) is 2.33. The van der Waals surface area contributed by atoms with Crippen LogP contribution in [0, 0.1) is 5.92 Å². The summed E-state index contributed by atoms with van der Waals surface area (Å²) in [6.45, 7) is 7.14.